The summed E-state index contributed by atoms with van der Waals surface area (Å²) in [7, 11) is -2.49. The van der Waals surface area contributed by atoms with Crippen LogP contribution in [0.2, 0.25) is 36.3 Å². The van der Waals surface area contributed by atoms with Gasteiger partial charge in [0.25, 0.3) is 8.32 Å². The van der Waals surface area contributed by atoms with Gasteiger partial charge in [0, 0.05) is 11.6 Å². The standard InChI is InChI=1S/C30H47N3O3Si2/c1-13-23-18-25(26-21-33(32-31-26)20-22-14-16-24(34-8)17-15-22)28(36-38(11,12)30(5,6)7)19-27(23)35-37(9,10)29(2,3)4/h14-19,21H,13,20H2,1-12H3. The summed E-state index contributed by atoms with van der Waals surface area (Å²) in [6.45, 7) is 25.5. The maximum absolute atomic E-state index is 6.93. The van der Waals surface area contributed by atoms with E-state index in [0.717, 1.165) is 46.1 Å². The molecule has 0 radical (unpaired) electrons. The normalized spacial score (nSPS) is 12.9. The number of hydrogen-bond acceptors (Lipinski definition) is 5. The van der Waals surface area contributed by atoms with Crippen LogP contribution in [0.3, 0.4) is 0 Å². The molecule has 0 saturated heterocycles. The largest absolute Gasteiger partial charge is 0.543 e. The molecule has 38 heavy (non-hydrogen) atoms. The molecule has 3 aromatic rings. The lowest BCUT2D eigenvalue weighted by Crippen LogP contribution is -2.44. The van der Waals surface area contributed by atoms with Crippen molar-refractivity contribution in [2.75, 3.05) is 7.11 Å². The lowest BCUT2D eigenvalue weighted by Gasteiger charge is -2.39. The van der Waals surface area contributed by atoms with Crippen LogP contribution in [0.5, 0.6) is 17.2 Å². The highest BCUT2D eigenvalue weighted by molar-refractivity contribution is 6.75. The molecule has 6 nitrogen and oxygen atoms in total. The third kappa shape index (κ3) is 6.69. The van der Waals surface area contributed by atoms with Gasteiger partial charge < -0.3 is 13.6 Å². The van der Waals surface area contributed by atoms with Crippen LogP contribution in [0, 0.1) is 0 Å². The lowest BCUT2D eigenvalue weighted by atomic mass is 10.0. The molecule has 0 bridgehead atoms. The Morgan fingerprint density at radius 2 is 1.37 bits per heavy atom. The summed E-state index contributed by atoms with van der Waals surface area (Å²) in [4.78, 5) is 0. The number of methoxy groups -OCH3 is 1. The Hall–Kier alpha value is -2.59. The van der Waals surface area contributed by atoms with Crippen LogP contribution in [0.25, 0.3) is 11.3 Å². The Bertz CT molecular complexity index is 1240. The van der Waals surface area contributed by atoms with E-state index < -0.39 is 16.6 Å². The molecule has 0 fully saturated rings. The van der Waals surface area contributed by atoms with E-state index in [0.29, 0.717) is 6.54 Å². The minimum Gasteiger partial charge on any atom is -0.543 e. The highest BCUT2D eigenvalue weighted by atomic mass is 28.4. The predicted octanol–water partition coefficient (Wildman–Crippen LogP) is 8.33. The fourth-order valence-electron chi connectivity index (χ4n) is 3.53. The van der Waals surface area contributed by atoms with Crippen LogP contribution in [-0.4, -0.2) is 38.7 Å². The van der Waals surface area contributed by atoms with E-state index in [2.05, 4.69) is 97.1 Å². The minimum atomic E-state index is -2.13. The number of rotatable bonds is 9. The van der Waals surface area contributed by atoms with Crippen LogP contribution >= 0.6 is 0 Å². The summed E-state index contributed by atoms with van der Waals surface area (Å²) in [5, 5.41) is 9.19. The zero-order valence-electron chi connectivity index (χ0n) is 25.5. The first-order chi connectivity index (χ1) is 17.5. The number of hydrogen-bond donors (Lipinski definition) is 0. The third-order valence-corrected chi connectivity index (χ3v) is 16.9. The molecule has 0 aliphatic rings. The maximum atomic E-state index is 6.93. The molecule has 1 heterocycles. The molecule has 2 aromatic carbocycles. The molecular weight excluding hydrogens is 507 g/mol. The van der Waals surface area contributed by atoms with Gasteiger partial charge in [0.05, 0.1) is 19.9 Å². The van der Waals surface area contributed by atoms with Crippen molar-refractivity contribution in [1.29, 1.82) is 0 Å². The van der Waals surface area contributed by atoms with E-state index in [1.165, 1.54) is 0 Å². The lowest BCUT2D eigenvalue weighted by molar-refractivity contribution is 0.414. The second-order valence-electron chi connectivity index (χ2n) is 13.2. The van der Waals surface area contributed by atoms with Crippen LogP contribution in [-0.2, 0) is 13.0 Å². The summed E-state index contributed by atoms with van der Waals surface area (Å²) < 4.78 is 20.9. The van der Waals surface area contributed by atoms with Crippen LogP contribution in [0.4, 0.5) is 0 Å². The predicted molar refractivity (Wildman–Crippen MR) is 163 cm³/mol. The van der Waals surface area contributed by atoms with Gasteiger partial charge in [-0.3, -0.25) is 0 Å². The number of aryl methyl sites for hydroxylation is 1. The van der Waals surface area contributed by atoms with Crippen molar-refractivity contribution in [3.63, 3.8) is 0 Å². The van der Waals surface area contributed by atoms with Gasteiger partial charge in [-0.2, -0.15) is 0 Å². The van der Waals surface area contributed by atoms with Gasteiger partial charge >= 0.3 is 0 Å². The zero-order chi connectivity index (χ0) is 28.5. The average molecular weight is 554 g/mol. The first-order valence-corrected chi connectivity index (χ1v) is 19.4. The van der Waals surface area contributed by atoms with Crippen LogP contribution < -0.4 is 13.6 Å². The van der Waals surface area contributed by atoms with Gasteiger partial charge in [0.2, 0.25) is 8.32 Å². The summed E-state index contributed by atoms with van der Waals surface area (Å²) in [5.74, 6) is 2.61. The van der Waals surface area contributed by atoms with Crippen molar-refractivity contribution in [2.24, 2.45) is 0 Å². The molecule has 0 unspecified atom stereocenters. The minimum absolute atomic E-state index is 0.0557. The van der Waals surface area contributed by atoms with Crippen molar-refractivity contribution >= 4 is 16.6 Å². The highest BCUT2D eigenvalue weighted by Crippen LogP contribution is 2.44. The molecule has 8 heteroatoms. The van der Waals surface area contributed by atoms with Crippen molar-refractivity contribution in [1.82, 2.24) is 15.0 Å². The molecule has 0 spiro atoms. The highest BCUT2D eigenvalue weighted by Gasteiger charge is 2.41. The van der Waals surface area contributed by atoms with Gasteiger partial charge in [-0.15, -0.1) is 5.10 Å². The van der Waals surface area contributed by atoms with Gasteiger partial charge in [-0.05, 0) is 72.0 Å². The van der Waals surface area contributed by atoms with E-state index in [1.807, 2.05) is 35.1 Å². The van der Waals surface area contributed by atoms with Crippen molar-refractivity contribution in [3.05, 3.63) is 53.7 Å². The third-order valence-electron chi connectivity index (χ3n) is 8.20. The Balaban J connectivity index is 2.07. The summed E-state index contributed by atoms with van der Waals surface area (Å²) in [6.07, 6.45) is 2.86. The van der Waals surface area contributed by atoms with Gasteiger partial charge in [0.1, 0.15) is 22.9 Å². The van der Waals surface area contributed by atoms with E-state index in [9.17, 15) is 0 Å². The fourth-order valence-corrected chi connectivity index (χ4v) is 5.61. The van der Waals surface area contributed by atoms with Crippen molar-refractivity contribution in [3.8, 4) is 28.5 Å². The number of benzene rings is 2. The molecular formula is C30H47N3O3Si2. The molecule has 0 amide bonds. The maximum Gasteiger partial charge on any atom is 0.250 e. The number of nitrogens with zero attached hydrogens (tertiary/aromatic N) is 3. The first kappa shape index (κ1) is 30.0. The van der Waals surface area contributed by atoms with E-state index in [4.69, 9.17) is 13.6 Å². The summed E-state index contributed by atoms with van der Waals surface area (Å²) in [5.41, 5.74) is 4.07. The number of aromatic nitrogens is 3. The smallest absolute Gasteiger partial charge is 0.250 e. The Labute approximate surface area is 232 Å². The molecule has 0 N–H and O–H groups in total. The average Bonchev–Trinajstić information content (AvgIpc) is 3.26. The molecule has 0 saturated carbocycles. The monoisotopic (exact) mass is 553 g/mol. The molecule has 0 atom stereocenters. The summed E-state index contributed by atoms with van der Waals surface area (Å²) in [6, 6.07) is 12.4. The second-order valence-corrected chi connectivity index (χ2v) is 22.6. The van der Waals surface area contributed by atoms with Crippen molar-refractivity contribution in [2.45, 2.75) is 97.7 Å². The molecule has 208 valence electrons. The topological polar surface area (TPSA) is 58.4 Å². The molecule has 3 rings (SSSR count). The van der Waals surface area contributed by atoms with E-state index in [1.54, 1.807) is 7.11 Å². The van der Waals surface area contributed by atoms with Gasteiger partial charge in [0.15, 0.2) is 0 Å². The molecule has 0 aliphatic carbocycles. The van der Waals surface area contributed by atoms with Gasteiger partial charge in [-0.1, -0.05) is 65.8 Å². The SMILES string of the molecule is CCc1cc(-c2cn(Cc3ccc(OC)cc3)nn2)c(O[Si](C)(C)C(C)(C)C)cc1O[Si](C)(C)C(C)(C)C. The van der Waals surface area contributed by atoms with E-state index >= 15 is 0 Å². The van der Waals surface area contributed by atoms with E-state index in [-0.39, 0.29) is 10.1 Å². The Morgan fingerprint density at radius 1 is 0.816 bits per heavy atom. The fraction of sp³-hybridized carbons (Fsp3) is 0.533. The van der Waals surface area contributed by atoms with Crippen molar-refractivity contribution < 1.29 is 13.6 Å². The molecule has 0 aliphatic heterocycles. The second kappa shape index (κ2) is 10.9. The Kier molecular flexibility index (Phi) is 8.58. The molecule has 1 aromatic heterocycles. The van der Waals surface area contributed by atoms with Gasteiger partial charge in [-0.25, -0.2) is 4.68 Å². The first-order valence-electron chi connectivity index (χ1n) is 13.6. The quantitative estimate of drug-likeness (QED) is 0.249. The summed E-state index contributed by atoms with van der Waals surface area (Å²) >= 11 is 0. The Morgan fingerprint density at radius 3 is 1.87 bits per heavy atom. The van der Waals surface area contributed by atoms with Crippen LogP contribution in [0.1, 0.15) is 59.6 Å². The zero-order valence-corrected chi connectivity index (χ0v) is 27.5. The number of ether oxygens (including phenoxy) is 1. The van der Waals surface area contributed by atoms with Crippen LogP contribution in [0.15, 0.2) is 42.6 Å².